The Morgan fingerprint density at radius 3 is 1.95 bits per heavy atom. The maximum absolute atomic E-state index is 12.7. The molecule has 0 saturated heterocycles. The zero-order valence-electron chi connectivity index (χ0n) is 23.8. The van der Waals surface area contributed by atoms with Crippen LogP contribution >= 0.6 is 0 Å². The van der Waals surface area contributed by atoms with Crippen LogP contribution in [0.1, 0.15) is 86.6 Å². The van der Waals surface area contributed by atoms with E-state index < -0.39 is 5.91 Å². The fourth-order valence-electron chi connectivity index (χ4n) is 3.87. The van der Waals surface area contributed by atoms with Crippen LogP contribution in [-0.4, -0.2) is 27.8 Å². The van der Waals surface area contributed by atoms with Crippen molar-refractivity contribution in [2.45, 2.75) is 67.2 Å². The van der Waals surface area contributed by atoms with Gasteiger partial charge in [-0.25, -0.2) is 10.5 Å². The Hall–Kier alpha value is -3.54. The number of carbonyl (C=O) groups excluding carboxylic acids is 1. The van der Waals surface area contributed by atoms with Crippen LogP contribution in [0.2, 0.25) is 0 Å². The summed E-state index contributed by atoms with van der Waals surface area (Å²) in [5.74, 6) is -0.545. The molecule has 0 saturated carbocycles. The lowest BCUT2D eigenvalue weighted by Crippen LogP contribution is -2.23. The van der Waals surface area contributed by atoms with Gasteiger partial charge in [0.05, 0.1) is 17.0 Å². The monoisotopic (exact) mass is 516 g/mol. The first kappa shape index (κ1) is 32.5. The van der Waals surface area contributed by atoms with Crippen molar-refractivity contribution in [2.75, 3.05) is 6.61 Å². The number of unbranched alkanes of at least 4 members (excludes halogenated alkanes) is 1. The van der Waals surface area contributed by atoms with Gasteiger partial charge in [-0.2, -0.15) is 0 Å². The molecular weight excluding hydrogens is 472 g/mol. The van der Waals surface area contributed by atoms with Crippen molar-refractivity contribution in [2.24, 2.45) is 0 Å². The van der Waals surface area contributed by atoms with Crippen LogP contribution in [0.4, 0.5) is 0 Å². The molecule has 5 nitrogen and oxygen atoms in total. The molecule has 0 atom stereocenters. The van der Waals surface area contributed by atoms with Crippen LogP contribution in [0.3, 0.4) is 0 Å². The molecule has 3 rings (SSSR count). The molecule has 0 bridgehead atoms. The minimum atomic E-state index is -0.545. The lowest BCUT2D eigenvalue weighted by atomic mass is 9.90. The molecule has 1 aromatic heterocycles. The maximum atomic E-state index is 12.7. The highest BCUT2D eigenvalue weighted by atomic mass is 16.5. The van der Waals surface area contributed by atoms with Crippen molar-refractivity contribution in [1.29, 1.82) is 0 Å². The van der Waals surface area contributed by atoms with Crippen LogP contribution in [0.15, 0.2) is 61.2 Å². The lowest BCUT2D eigenvalue weighted by Gasteiger charge is -2.18. The van der Waals surface area contributed by atoms with Crippen molar-refractivity contribution < 1.29 is 15.1 Å². The molecule has 3 aromatic rings. The van der Waals surface area contributed by atoms with Crippen LogP contribution in [0.25, 0.3) is 34.5 Å². The number of pyridine rings is 1. The van der Waals surface area contributed by atoms with Gasteiger partial charge in [0.1, 0.15) is 0 Å². The molecule has 3 N–H and O–H groups in total. The van der Waals surface area contributed by atoms with Crippen molar-refractivity contribution in [1.82, 2.24) is 10.5 Å². The molecule has 0 aliphatic rings. The summed E-state index contributed by atoms with van der Waals surface area (Å²) >= 11 is 0. The van der Waals surface area contributed by atoms with Crippen LogP contribution in [-0.2, 0) is 6.42 Å². The van der Waals surface area contributed by atoms with E-state index in [4.69, 9.17) is 10.1 Å². The summed E-state index contributed by atoms with van der Waals surface area (Å²) in [6, 6.07) is 16.7. The largest absolute Gasteiger partial charge is 0.396 e. The van der Waals surface area contributed by atoms with Crippen LogP contribution in [0.5, 0.6) is 0 Å². The van der Waals surface area contributed by atoms with E-state index >= 15 is 0 Å². The number of aromatic nitrogens is 1. The third-order valence-electron chi connectivity index (χ3n) is 5.77. The quantitative estimate of drug-likeness (QED) is 0.197. The number of amides is 1. The number of aryl methyl sites for hydroxylation is 1. The topological polar surface area (TPSA) is 82.5 Å². The molecule has 5 heteroatoms. The number of allylic oxidation sites excluding steroid dienone is 1. The summed E-state index contributed by atoms with van der Waals surface area (Å²) in [5, 5.41) is 17.3. The standard InChI is InChI=1S/C28H30N2O2.C3H8O.C2H6/c1-5-8-10-24-26(28(31)30-32)23(7-3)25(9-6-2)29-27(24)22-17-15-21(16-18-22)20-13-11-19(4)12-14-20;1-2-3-4;1-2/h6-7,9,11-18,32H,3,5,8,10H2,1-2,4H3,(H,30,31);4H,2-3H2,1H3;1-2H3/b9-6-;;. The van der Waals surface area contributed by atoms with Gasteiger partial charge in [-0.05, 0) is 55.9 Å². The van der Waals surface area contributed by atoms with E-state index in [-0.39, 0.29) is 0 Å². The SMILES string of the molecule is C=Cc1c(/C=C\C)nc(-c2ccc(-c3ccc(C)cc3)cc2)c(CCCC)c1C(=O)NO.CC.CCCO. The van der Waals surface area contributed by atoms with Crippen molar-refractivity contribution >= 4 is 18.1 Å². The summed E-state index contributed by atoms with van der Waals surface area (Å²) in [7, 11) is 0. The summed E-state index contributed by atoms with van der Waals surface area (Å²) in [6.45, 7) is 16.2. The van der Waals surface area contributed by atoms with E-state index in [1.165, 1.54) is 5.56 Å². The van der Waals surface area contributed by atoms with Crippen molar-refractivity contribution in [3.8, 4) is 22.4 Å². The normalized spacial score (nSPS) is 10.2. The second-order valence-corrected chi connectivity index (χ2v) is 8.53. The average molecular weight is 517 g/mol. The average Bonchev–Trinajstić information content (AvgIpc) is 2.97. The summed E-state index contributed by atoms with van der Waals surface area (Å²) in [5.41, 5.74) is 9.53. The third-order valence-corrected chi connectivity index (χ3v) is 5.77. The highest BCUT2D eigenvalue weighted by Crippen LogP contribution is 2.33. The van der Waals surface area contributed by atoms with E-state index in [2.05, 4.69) is 56.8 Å². The molecule has 1 heterocycles. The molecule has 0 spiro atoms. The minimum absolute atomic E-state index is 0.319. The molecule has 0 aliphatic heterocycles. The Kier molecular flexibility index (Phi) is 15.2. The Morgan fingerprint density at radius 1 is 0.974 bits per heavy atom. The molecule has 0 aliphatic carbocycles. The Balaban J connectivity index is 0.00000110. The fourth-order valence-corrected chi connectivity index (χ4v) is 3.87. The number of carbonyl (C=O) groups is 1. The van der Waals surface area contributed by atoms with Gasteiger partial charge in [-0.3, -0.25) is 10.0 Å². The highest BCUT2D eigenvalue weighted by molar-refractivity contribution is 6.01. The predicted molar refractivity (Wildman–Crippen MR) is 161 cm³/mol. The smallest absolute Gasteiger partial charge is 0.275 e. The highest BCUT2D eigenvalue weighted by Gasteiger charge is 2.23. The Bertz CT molecular complexity index is 1160. The first-order valence-corrected chi connectivity index (χ1v) is 13.5. The first-order valence-electron chi connectivity index (χ1n) is 13.5. The third kappa shape index (κ3) is 8.79. The van der Waals surface area contributed by atoms with Gasteiger partial charge in [-0.15, -0.1) is 0 Å². The zero-order chi connectivity index (χ0) is 28.5. The molecule has 0 unspecified atom stereocenters. The molecule has 0 fully saturated rings. The molecule has 2 aromatic carbocycles. The van der Waals surface area contributed by atoms with Crippen molar-refractivity contribution in [3.05, 3.63) is 89.1 Å². The van der Waals surface area contributed by atoms with Gasteiger partial charge in [0.2, 0.25) is 0 Å². The van der Waals surface area contributed by atoms with Crippen LogP contribution < -0.4 is 5.48 Å². The lowest BCUT2D eigenvalue weighted by molar-refractivity contribution is 0.0705. The number of hydroxylamine groups is 1. The van der Waals surface area contributed by atoms with E-state index in [9.17, 15) is 10.0 Å². The minimum Gasteiger partial charge on any atom is -0.396 e. The number of benzene rings is 2. The molecule has 38 heavy (non-hydrogen) atoms. The first-order chi connectivity index (χ1) is 18.4. The van der Waals surface area contributed by atoms with Gasteiger partial charge in [0.25, 0.3) is 5.91 Å². The summed E-state index contributed by atoms with van der Waals surface area (Å²) in [4.78, 5) is 17.7. The van der Waals surface area contributed by atoms with Gasteiger partial charge in [-0.1, -0.05) is 107 Å². The van der Waals surface area contributed by atoms with E-state index in [0.717, 1.165) is 47.2 Å². The van der Waals surface area contributed by atoms with Gasteiger partial charge >= 0.3 is 0 Å². The number of nitrogens with one attached hydrogen (secondary N) is 1. The second kappa shape index (κ2) is 17.8. The molecule has 1 amide bonds. The van der Waals surface area contributed by atoms with Gasteiger partial charge in [0, 0.05) is 17.7 Å². The number of nitrogens with zero attached hydrogens (tertiary/aromatic N) is 1. The van der Waals surface area contributed by atoms with Crippen molar-refractivity contribution in [3.63, 3.8) is 0 Å². The molecule has 204 valence electrons. The number of aliphatic hydroxyl groups excluding tert-OH is 1. The summed E-state index contributed by atoms with van der Waals surface area (Å²) < 4.78 is 0. The van der Waals surface area contributed by atoms with Gasteiger partial charge < -0.3 is 5.11 Å². The fraction of sp³-hybridized carbons (Fsp3) is 0.333. The molecule has 0 radical (unpaired) electrons. The predicted octanol–water partition coefficient (Wildman–Crippen LogP) is 8.28. The number of aliphatic hydroxyl groups is 1. The summed E-state index contributed by atoms with van der Waals surface area (Å²) in [6.07, 6.45) is 8.81. The van der Waals surface area contributed by atoms with Gasteiger partial charge in [0.15, 0.2) is 0 Å². The Morgan fingerprint density at radius 2 is 1.50 bits per heavy atom. The van der Waals surface area contributed by atoms with E-state index in [1.807, 2.05) is 57.5 Å². The van der Waals surface area contributed by atoms with Crippen LogP contribution in [0, 0.1) is 6.92 Å². The number of rotatable bonds is 9. The van der Waals surface area contributed by atoms with E-state index in [1.54, 1.807) is 6.08 Å². The van der Waals surface area contributed by atoms with E-state index in [0.29, 0.717) is 29.8 Å². The molecular formula is C33H44N2O3. The zero-order valence-corrected chi connectivity index (χ0v) is 23.8. The maximum Gasteiger partial charge on any atom is 0.275 e. The Labute approximate surface area is 228 Å². The second-order valence-electron chi connectivity index (χ2n) is 8.53. The number of hydrogen-bond donors (Lipinski definition) is 3. The number of hydrogen-bond acceptors (Lipinski definition) is 4.